The van der Waals surface area contributed by atoms with Gasteiger partial charge in [0.1, 0.15) is 0 Å². The molecule has 5 heteroatoms. The molecule has 1 aromatic rings. The summed E-state index contributed by atoms with van der Waals surface area (Å²) in [6.45, 7) is 2.57. The smallest absolute Gasteiger partial charge is 0.238 e. The van der Waals surface area contributed by atoms with Crippen molar-refractivity contribution in [1.82, 2.24) is 0 Å². The zero-order valence-electron chi connectivity index (χ0n) is 15.3. The van der Waals surface area contributed by atoms with Crippen molar-refractivity contribution in [2.24, 2.45) is 34.1 Å². The molecule has 7 rings (SSSR count). The van der Waals surface area contributed by atoms with Crippen LogP contribution in [-0.4, -0.2) is 29.9 Å². The summed E-state index contributed by atoms with van der Waals surface area (Å²) in [6.07, 6.45) is 7.46. The van der Waals surface area contributed by atoms with Gasteiger partial charge >= 0.3 is 0 Å². The summed E-state index contributed by atoms with van der Waals surface area (Å²) < 4.78 is 5.93. The summed E-state index contributed by atoms with van der Waals surface area (Å²) >= 11 is 0. The Kier molecular flexibility index (Phi) is 2.83. The molecule has 27 heavy (non-hydrogen) atoms. The number of para-hydroxylation sites is 1. The van der Waals surface area contributed by atoms with E-state index in [-0.39, 0.29) is 46.4 Å². The largest absolute Gasteiger partial charge is 0.481 e. The topological polar surface area (TPSA) is 59.0 Å². The minimum atomic E-state index is -0.287. The highest BCUT2D eigenvalue weighted by Gasteiger charge is 2.80. The van der Waals surface area contributed by atoms with Gasteiger partial charge in [0.15, 0.2) is 5.90 Å². The molecule has 4 aliphatic carbocycles. The standard InChI is InChI=1S/C22H22N2O3/c1-2-27-20-21-11-6-12-22(21,23-20)15-10-9-14(21)16-17(15)19(26)24(18(16)25)13-7-4-3-5-8-13/h3-5,7-10,14-17H,2,6,11-12H2,1H3/t14-,15-,16+,17-,21-,22-/m0/s1. The van der Waals surface area contributed by atoms with E-state index in [1.165, 1.54) is 4.90 Å². The van der Waals surface area contributed by atoms with E-state index in [2.05, 4.69) is 12.2 Å². The first-order valence-electron chi connectivity index (χ1n) is 10.00. The molecular weight excluding hydrogens is 340 g/mol. The quantitative estimate of drug-likeness (QED) is 0.600. The van der Waals surface area contributed by atoms with Gasteiger partial charge in [0.25, 0.3) is 0 Å². The van der Waals surface area contributed by atoms with Crippen molar-refractivity contribution in [1.29, 1.82) is 0 Å². The van der Waals surface area contributed by atoms with Crippen LogP contribution >= 0.6 is 0 Å². The molecule has 2 bridgehead atoms. The Morgan fingerprint density at radius 2 is 1.78 bits per heavy atom. The minimum Gasteiger partial charge on any atom is -0.481 e. The third-order valence-electron chi connectivity index (χ3n) is 7.70. The molecule has 2 saturated carbocycles. The molecule has 2 aliphatic heterocycles. The van der Waals surface area contributed by atoms with E-state index in [9.17, 15) is 9.59 Å². The van der Waals surface area contributed by atoms with Crippen molar-refractivity contribution < 1.29 is 14.3 Å². The van der Waals surface area contributed by atoms with Crippen LogP contribution in [0.25, 0.3) is 0 Å². The second kappa shape index (κ2) is 4.89. The lowest BCUT2D eigenvalue weighted by Gasteiger charge is -2.64. The van der Waals surface area contributed by atoms with E-state index in [1.54, 1.807) is 0 Å². The number of hydrogen-bond acceptors (Lipinski definition) is 4. The van der Waals surface area contributed by atoms with Gasteiger partial charge in [0.2, 0.25) is 11.8 Å². The highest BCUT2D eigenvalue weighted by molar-refractivity contribution is 6.23. The zero-order chi connectivity index (χ0) is 18.4. The van der Waals surface area contributed by atoms with E-state index in [1.807, 2.05) is 37.3 Å². The van der Waals surface area contributed by atoms with Gasteiger partial charge in [-0.15, -0.1) is 0 Å². The number of anilines is 1. The lowest BCUT2D eigenvalue weighted by Crippen LogP contribution is -2.72. The molecule has 6 atom stereocenters. The van der Waals surface area contributed by atoms with Crippen molar-refractivity contribution in [2.75, 3.05) is 11.5 Å². The number of amides is 2. The van der Waals surface area contributed by atoms with Gasteiger partial charge in [-0.3, -0.25) is 14.5 Å². The molecule has 1 saturated heterocycles. The lowest BCUT2D eigenvalue weighted by atomic mass is 9.42. The van der Waals surface area contributed by atoms with Gasteiger partial charge in [-0.05, 0) is 38.3 Å². The van der Waals surface area contributed by atoms with Crippen LogP contribution in [0.3, 0.4) is 0 Å². The molecule has 6 aliphatic rings. The van der Waals surface area contributed by atoms with Crippen LogP contribution in [-0.2, 0) is 14.3 Å². The highest BCUT2D eigenvalue weighted by Crippen LogP contribution is 2.74. The summed E-state index contributed by atoms with van der Waals surface area (Å²) in [5.41, 5.74) is 0.271. The van der Waals surface area contributed by atoms with E-state index in [0.29, 0.717) is 12.3 Å². The van der Waals surface area contributed by atoms with Gasteiger partial charge in [-0.1, -0.05) is 30.4 Å². The summed E-state index contributed by atoms with van der Waals surface area (Å²) in [7, 11) is 0. The first-order chi connectivity index (χ1) is 13.2. The molecular formula is C22H22N2O3. The Morgan fingerprint density at radius 3 is 2.52 bits per heavy atom. The minimum absolute atomic E-state index is 0.00404. The average Bonchev–Trinajstić information content (AvgIpc) is 3.16. The molecule has 0 spiro atoms. The molecule has 0 N–H and O–H groups in total. The van der Waals surface area contributed by atoms with Crippen LogP contribution in [0.15, 0.2) is 47.5 Å². The third kappa shape index (κ3) is 1.50. The maximum Gasteiger partial charge on any atom is 0.238 e. The van der Waals surface area contributed by atoms with Crippen molar-refractivity contribution in [3.05, 3.63) is 42.5 Å². The molecule has 0 radical (unpaired) electrons. The maximum absolute atomic E-state index is 13.5. The van der Waals surface area contributed by atoms with Crippen LogP contribution in [0.1, 0.15) is 26.2 Å². The Morgan fingerprint density at radius 1 is 1.07 bits per heavy atom. The number of allylic oxidation sites excluding steroid dienone is 1. The molecule has 0 unspecified atom stereocenters. The molecule has 3 fully saturated rings. The zero-order valence-corrected chi connectivity index (χ0v) is 15.3. The van der Waals surface area contributed by atoms with E-state index in [4.69, 9.17) is 9.73 Å². The fourth-order valence-electron chi connectivity index (χ4n) is 6.89. The lowest BCUT2D eigenvalue weighted by molar-refractivity contribution is -0.135. The highest BCUT2D eigenvalue weighted by atomic mass is 16.5. The SMILES string of the molecule is CCOC1=N[C@]23CCC[C@]12[C@H]1C=C[C@H]3[C@@H]2C(=O)N(c3ccccc3)C(=O)[C@@H]21. The number of ether oxygens (including phenoxy) is 1. The van der Waals surface area contributed by atoms with Crippen LogP contribution in [0.5, 0.6) is 0 Å². The van der Waals surface area contributed by atoms with Crippen LogP contribution in [0.2, 0.25) is 0 Å². The fraction of sp³-hybridized carbons (Fsp3) is 0.500. The van der Waals surface area contributed by atoms with Gasteiger partial charge < -0.3 is 4.74 Å². The Hall–Kier alpha value is -2.43. The van der Waals surface area contributed by atoms with Crippen molar-refractivity contribution >= 4 is 23.4 Å². The van der Waals surface area contributed by atoms with Gasteiger partial charge in [-0.25, -0.2) is 4.99 Å². The van der Waals surface area contributed by atoms with Crippen molar-refractivity contribution in [3.63, 3.8) is 0 Å². The first-order valence-corrected chi connectivity index (χ1v) is 10.00. The molecule has 1 aromatic carbocycles. The van der Waals surface area contributed by atoms with E-state index >= 15 is 0 Å². The van der Waals surface area contributed by atoms with Crippen LogP contribution in [0.4, 0.5) is 5.69 Å². The van der Waals surface area contributed by atoms with E-state index < -0.39 is 0 Å². The van der Waals surface area contributed by atoms with Crippen molar-refractivity contribution in [3.8, 4) is 0 Å². The summed E-state index contributed by atoms with van der Waals surface area (Å²) in [5, 5.41) is 0. The predicted octanol–water partition coefficient (Wildman–Crippen LogP) is 2.97. The monoisotopic (exact) mass is 362 g/mol. The van der Waals surface area contributed by atoms with Crippen molar-refractivity contribution in [2.45, 2.75) is 31.7 Å². The summed E-state index contributed by atoms with van der Waals surface area (Å²) in [5.74, 6) is 0.177. The van der Waals surface area contributed by atoms with Gasteiger partial charge in [-0.2, -0.15) is 0 Å². The summed E-state index contributed by atoms with van der Waals surface area (Å²) in [4.78, 5) is 33.3. The number of nitrogens with zero attached hydrogens (tertiary/aromatic N) is 2. The molecule has 5 nitrogen and oxygen atoms in total. The van der Waals surface area contributed by atoms with Gasteiger partial charge in [0, 0.05) is 11.8 Å². The maximum atomic E-state index is 13.5. The van der Waals surface area contributed by atoms with Gasteiger partial charge in [0.05, 0.1) is 35.1 Å². The number of imide groups is 1. The number of carbonyl (C=O) groups is 2. The van der Waals surface area contributed by atoms with Crippen LogP contribution < -0.4 is 4.90 Å². The molecule has 138 valence electrons. The molecule has 2 amide bonds. The molecule has 2 heterocycles. The van der Waals surface area contributed by atoms with E-state index in [0.717, 1.165) is 25.2 Å². The average molecular weight is 362 g/mol. The first kappa shape index (κ1) is 15.6. The number of benzene rings is 1. The number of carbonyl (C=O) groups excluding carboxylic acids is 2. The second-order valence-electron chi connectivity index (χ2n) is 8.43. The fourth-order valence-corrected chi connectivity index (χ4v) is 6.89. The second-order valence-corrected chi connectivity index (χ2v) is 8.43. The number of rotatable bonds is 2. The normalized spacial score (nSPS) is 43.1. The molecule has 0 aromatic heterocycles. The number of hydrogen-bond donors (Lipinski definition) is 0. The number of aliphatic imine (C=N–C) groups is 1. The Balaban J connectivity index is 1.49. The Labute approximate surface area is 158 Å². The third-order valence-corrected chi connectivity index (χ3v) is 7.70. The predicted molar refractivity (Wildman–Crippen MR) is 100 cm³/mol. The summed E-state index contributed by atoms with van der Waals surface area (Å²) in [6, 6.07) is 9.33. The van der Waals surface area contributed by atoms with Crippen LogP contribution in [0, 0.1) is 29.1 Å². The Bertz CT molecular complexity index is 923.